The number of benzene rings is 1. The van der Waals surface area contributed by atoms with Gasteiger partial charge in [-0.05, 0) is 43.2 Å². The first kappa shape index (κ1) is 20.6. The summed E-state index contributed by atoms with van der Waals surface area (Å²) in [7, 11) is 0. The number of thiophene rings is 1. The fraction of sp³-hybridized carbons (Fsp3) is 0.294. The van der Waals surface area contributed by atoms with Crippen LogP contribution in [0.25, 0.3) is 0 Å². The topological polar surface area (TPSA) is 75.4 Å². The molecule has 0 spiro atoms. The zero-order chi connectivity index (χ0) is 18.1. The molecule has 1 aliphatic heterocycles. The molecule has 2 heterocycles. The zero-order valence-corrected chi connectivity index (χ0v) is 16.3. The number of likely N-dealkylation sites (tertiary alicyclic amines) is 1. The Kier molecular flexibility index (Phi) is 6.63. The number of amides is 2. The van der Waals surface area contributed by atoms with Crippen molar-refractivity contribution in [3.8, 4) is 0 Å². The first-order valence-corrected chi connectivity index (χ1v) is 8.96. The highest BCUT2D eigenvalue weighted by Crippen LogP contribution is 2.29. The second-order valence-corrected chi connectivity index (χ2v) is 7.46. The first-order chi connectivity index (χ1) is 11.8. The van der Waals surface area contributed by atoms with E-state index in [1.54, 1.807) is 11.0 Å². The third-order valence-corrected chi connectivity index (χ3v) is 5.49. The molecular weight excluding hydrogens is 400 g/mol. The van der Waals surface area contributed by atoms with Crippen molar-refractivity contribution in [2.45, 2.75) is 19.4 Å². The number of carbonyl (C=O) groups is 2. The Labute approximate surface area is 165 Å². The van der Waals surface area contributed by atoms with Gasteiger partial charge >= 0.3 is 0 Å². The van der Waals surface area contributed by atoms with Gasteiger partial charge in [-0.25, -0.2) is 4.39 Å². The quantitative estimate of drug-likeness (QED) is 0.798. The van der Waals surface area contributed by atoms with Crippen LogP contribution in [0.15, 0.2) is 24.3 Å². The summed E-state index contributed by atoms with van der Waals surface area (Å²) in [4.78, 5) is 27.2. The van der Waals surface area contributed by atoms with Crippen molar-refractivity contribution in [2.75, 3.05) is 18.4 Å². The lowest BCUT2D eigenvalue weighted by atomic mass is 10.2. The monoisotopic (exact) mass is 417 g/mol. The van der Waals surface area contributed by atoms with Crippen LogP contribution in [0.3, 0.4) is 0 Å². The Bertz CT molecular complexity index is 843. The summed E-state index contributed by atoms with van der Waals surface area (Å²) < 4.78 is 13.1. The van der Waals surface area contributed by atoms with Crippen molar-refractivity contribution in [1.82, 2.24) is 4.90 Å². The van der Waals surface area contributed by atoms with Crippen molar-refractivity contribution in [3.63, 3.8) is 0 Å². The molecule has 0 unspecified atom stereocenters. The van der Waals surface area contributed by atoms with Crippen LogP contribution in [0.1, 0.15) is 32.0 Å². The number of nitrogens with one attached hydrogen (secondary N) is 1. The zero-order valence-electron chi connectivity index (χ0n) is 13.9. The molecule has 0 saturated carbocycles. The minimum absolute atomic E-state index is 0. The molecule has 0 bridgehead atoms. The lowest BCUT2D eigenvalue weighted by molar-refractivity contribution is 0.0794. The molecule has 1 aromatic heterocycles. The van der Waals surface area contributed by atoms with Crippen molar-refractivity contribution in [2.24, 2.45) is 5.73 Å². The standard InChI is InChI=1S/C17H17ClFN3O2S.ClH/c1-9-6-14(21-16(23)12-3-2-10(19)7-13(12)18)25-15(9)17(24)22-5-4-11(20)8-22;/h2-3,6-7,11H,4-5,8,20H2,1H3,(H,21,23);1H/t11-;/m1./s1. The van der Waals surface area contributed by atoms with Gasteiger partial charge in [0.25, 0.3) is 11.8 Å². The van der Waals surface area contributed by atoms with Crippen LogP contribution >= 0.6 is 35.3 Å². The molecule has 1 saturated heterocycles. The van der Waals surface area contributed by atoms with E-state index >= 15 is 0 Å². The molecule has 5 nitrogen and oxygen atoms in total. The average Bonchev–Trinajstić information content (AvgIpc) is 3.12. The van der Waals surface area contributed by atoms with E-state index in [1.807, 2.05) is 6.92 Å². The molecule has 26 heavy (non-hydrogen) atoms. The molecule has 1 aliphatic rings. The number of hydrogen-bond donors (Lipinski definition) is 2. The highest BCUT2D eigenvalue weighted by atomic mass is 35.5. The van der Waals surface area contributed by atoms with Crippen LogP contribution in [0, 0.1) is 12.7 Å². The lowest BCUT2D eigenvalue weighted by Gasteiger charge is -2.14. The van der Waals surface area contributed by atoms with Gasteiger partial charge in [-0.2, -0.15) is 0 Å². The van der Waals surface area contributed by atoms with Crippen molar-refractivity contribution in [1.29, 1.82) is 0 Å². The van der Waals surface area contributed by atoms with E-state index in [0.717, 1.165) is 18.1 Å². The van der Waals surface area contributed by atoms with Crippen LogP contribution in [0.4, 0.5) is 9.39 Å². The fourth-order valence-corrected chi connectivity index (χ4v) is 4.01. The number of aryl methyl sites for hydroxylation is 1. The number of carbonyl (C=O) groups excluding carboxylic acids is 2. The first-order valence-electron chi connectivity index (χ1n) is 7.77. The van der Waals surface area contributed by atoms with E-state index in [1.165, 1.54) is 23.5 Å². The van der Waals surface area contributed by atoms with Gasteiger partial charge in [0.15, 0.2) is 0 Å². The maximum absolute atomic E-state index is 13.1. The summed E-state index contributed by atoms with van der Waals surface area (Å²) in [6.45, 7) is 3.01. The predicted octanol–water partition coefficient (Wildman–Crippen LogP) is 3.70. The fourth-order valence-electron chi connectivity index (χ4n) is 2.72. The predicted molar refractivity (Wildman–Crippen MR) is 104 cm³/mol. The van der Waals surface area contributed by atoms with E-state index in [4.69, 9.17) is 17.3 Å². The Morgan fingerprint density at radius 1 is 1.38 bits per heavy atom. The summed E-state index contributed by atoms with van der Waals surface area (Å²) >= 11 is 7.11. The molecule has 1 atom stereocenters. The second-order valence-electron chi connectivity index (χ2n) is 6.00. The van der Waals surface area contributed by atoms with Crippen LogP contribution in [-0.4, -0.2) is 35.8 Å². The van der Waals surface area contributed by atoms with Gasteiger partial charge < -0.3 is 16.0 Å². The minimum Gasteiger partial charge on any atom is -0.336 e. The third-order valence-electron chi connectivity index (χ3n) is 4.04. The van der Waals surface area contributed by atoms with Crippen LogP contribution in [-0.2, 0) is 0 Å². The number of nitrogens with zero attached hydrogens (tertiary/aromatic N) is 1. The molecule has 0 radical (unpaired) electrons. The van der Waals surface area contributed by atoms with Gasteiger partial charge in [0.2, 0.25) is 0 Å². The molecule has 2 amide bonds. The maximum Gasteiger partial charge on any atom is 0.264 e. The summed E-state index contributed by atoms with van der Waals surface area (Å²) in [5.74, 6) is -1.03. The molecule has 9 heteroatoms. The maximum atomic E-state index is 13.1. The highest BCUT2D eigenvalue weighted by Gasteiger charge is 2.27. The molecule has 2 aromatic rings. The SMILES string of the molecule is Cc1cc(NC(=O)c2ccc(F)cc2Cl)sc1C(=O)N1CC[C@@H](N)C1.Cl. The van der Waals surface area contributed by atoms with E-state index in [-0.39, 0.29) is 34.9 Å². The third kappa shape index (κ3) is 4.35. The number of anilines is 1. The Hall–Kier alpha value is -1.67. The van der Waals surface area contributed by atoms with Gasteiger partial charge in [-0.1, -0.05) is 11.6 Å². The Morgan fingerprint density at radius 3 is 2.73 bits per heavy atom. The van der Waals surface area contributed by atoms with E-state index < -0.39 is 11.7 Å². The lowest BCUT2D eigenvalue weighted by Crippen LogP contribution is -2.31. The second kappa shape index (κ2) is 8.35. The summed E-state index contributed by atoms with van der Waals surface area (Å²) in [5.41, 5.74) is 6.81. The van der Waals surface area contributed by atoms with Gasteiger partial charge in [0, 0.05) is 19.1 Å². The molecule has 3 rings (SSSR count). The summed E-state index contributed by atoms with van der Waals surface area (Å²) in [5, 5.41) is 3.28. The van der Waals surface area contributed by atoms with E-state index in [2.05, 4.69) is 5.32 Å². The number of nitrogens with two attached hydrogens (primary N) is 1. The van der Waals surface area contributed by atoms with Gasteiger partial charge in [-0.3, -0.25) is 9.59 Å². The smallest absolute Gasteiger partial charge is 0.264 e. The normalized spacial score (nSPS) is 16.3. The molecule has 140 valence electrons. The molecule has 1 fully saturated rings. The molecule has 1 aromatic carbocycles. The molecular formula is C17H18Cl2FN3O2S. The largest absolute Gasteiger partial charge is 0.336 e. The number of hydrogen-bond acceptors (Lipinski definition) is 4. The van der Waals surface area contributed by atoms with Gasteiger partial charge in [-0.15, -0.1) is 23.7 Å². The van der Waals surface area contributed by atoms with E-state index in [0.29, 0.717) is 23.0 Å². The van der Waals surface area contributed by atoms with Crippen LogP contribution in [0.2, 0.25) is 5.02 Å². The van der Waals surface area contributed by atoms with Crippen molar-refractivity contribution in [3.05, 3.63) is 51.1 Å². The van der Waals surface area contributed by atoms with Crippen molar-refractivity contribution < 1.29 is 14.0 Å². The highest BCUT2D eigenvalue weighted by molar-refractivity contribution is 7.18. The summed E-state index contributed by atoms with van der Waals surface area (Å²) in [6, 6.07) is 5.34. The Morgan fingerprint density at radius 2 is 2.12 bits per heavy atom. The summed E-state index contributed by atoms with van der Waals surface area (Å²) in [6.07, 6.45) is 0.794. The van der Waals surface area contributed by atoms with Crippen LogP contribution < -0.4 is 11.1 Å². The number of halogens is 3. The van der Waals surface area contributed by atoms with E-state index in [9.17, 15) is 14.0 Å². The minimum atomic E-state index is -0.509. The molecule has 0 aliphatic carbocycles. The molecule has 3 N–H and O–H groups in total. The average molecular weight is 418 g/mol. The van der Waals surface area contributed by atoms with Gasteiger partial charge in [0.05, 0.1) is 20.5 Å². The van der Waals surface area contributed by atoms with Crippen LogP contribution in [0.5, 0.6) is 0 Å². The van der Waals surface area contributed by atoms with Gasteiger partial charge in [0.1, 0.15) is 5.82 Å². The Balaban J connectivity index is 0.00000243. The number of rotatable bonds is 3. The van der Waals surface area contributed by atoms with Crippen molar-refractivity contribution >= 4 is 52.2 Å².